The fourth-order valence-electron chi connectivity index (χ4n) is 3.69. The first-order valence-corrected chi connectivity index (χ1v) is 13.9. The molecule has 0 saturated heterocycles. The average molecular weight is 530 g/mol. The summed E-state index contributed by atoms with van der Waals surface area (Å²) in [5.41, 5.74) is 0.982. The molecule has 0 saturated carbocycles. The van der Waals surface area contributed by atoms with Crippen LogP contribution in [0.5, 0.6) is 0 Å². The van der Waals surface area contributed by atoms with Crippen LogP contribution in [-0.2, 0) is 20.2 Å². The summed E-state index contributed by atoms with van der Waals surface area (Å²) < 4.78 is 67.4. The number of anilines is 1. The van der Waals surface area contributed by atoms with Crippen molar-refractivity contribution in [2.75, 3.05) is 17.8 Å². The first-order valence-electron chi connectivity index (χ1n) is 10.8. The van der Waals surface area contributed by atoms with Crippen LogP contribution >= 0.6 is 0 Å². The number of benzene rings is 1. The Labute approximate surface area is 204 Å². The average Bonchev–Trinajstić information content (AvgIpc) is 2.78. The summed E-state index contributed by atoms with van der Waals surface area (Å²) in [7, 11) is -7.10. The van der Waals surface area contributed by atoms with Crippen LogP contribution in [0.25, 0.3) is 0 Å². The number of nitro benzene ring substituents is 1. The van der Waals surface area contributed by atoms with Gasteiger partial charge in [0.25, 0.3) is 25.9 Å². The minimum Gasteiger partial charge on any atom is -0.286 e. The number of non-ortho nitro benzene ring substituents is 1. The Balaban J connectivity index is 2.41. The molecule has 0 spiro atoms. The van der Waals surface area contributed by atoms with E-state index in [1.165, 1.54) is 35.5 Å². The zero-order valence-corrected chi connectivity index (χ0v) is 21.0. The van der Waals surface area contributed by atoms with E-state index in [-0.39, 0.29) is 24.9 Å². The van der Waals surface area contributed by atoms with Crippen LogP contribution in [0.3, 0.4) is 0 Å². The SMILES string of the molecule is CCCC(C(CCCS(=O)(=O)O)[n+]1ccccc1C=NN(C)c1ccc([N+](=O)[O-])cc1)S(=O)(=O)O. The van der Waals surface area contributed by atoms with Gasteiger partial charge in [-0.1, -0.05) is 13.3 Å². The predicted octanol–water partition coefficient (Wildman–Crippen LogP) is 2.62. The summed E-state index contributed by atoms with van der Waals surface area (Å²) in [6.45, 7) is 1.77. The number of hydrogen-bond donors (Lipinski definition) is 2. The Morgan fingerprint density at radius 1 is 1.11 bits per heavy atom. The molecule has 14 heteroatoms. The van der Waals surface area contributed by atoms with Gasteiger partial charge in [-0.3, -0.25) is 24.2 Å². The maximum absolute atomic E-state index is 12.2. The standard InChI is InChI=1S/C21H28N4O8S2/c1-3-7-21(35(31,32)33)20(9-6-15-34(28,29)30)24-14-5-4-8-19(24)16-22-23(2)17-10-12-18(13-11-17)25(26)27/h4-5,8,10-14,16,20-21H,3,6-7,9,15H2,1-2H3,(H-,28,29,30,31,32,33)/p+1. The largest absolute Gasteiger partial charge is 0.286 e. The molecule has 2 N–H and O–H groups in total. The second kappa shape index (κ2) is 12.2. The van der Waals surface area contributed by atoms with E-state index in [4.69, 9.17) is 4.55 Å². The van der Waals surface area contributed by atoms with E-state index in [1.807, 2.05) is 0 Å². The minimum atomic E-state index is -4.49. The van der Waals surface area contributed by atoms with Crippen LogP contribution < -0.4 is 9.58 Å². The predicted molar refractivity (Wildman–Crippen MR) is 131 cm³/mol. The number of hydrogen-bond acceptors (Lipinski definition) is 8. The van der Waals surface area contributed by atoms with Gasteiger partial charge in [0.1, 0.15) is 11.5 Å². The third kappa shape index (κ3) is 8.65. The third-order valence-electron chi connectivity index (χ3n) is 5.36. The number of aromatic nitrogens is 1. The van der Waals surface area contributed by atoms with Crippen molar-refractivity contribution in [3.63, 3.8) is 0 Å². The molecule has 1 aromatic heterocycles. The van der Waals surface area contributed by atoms with Crippen LogP contribution in [0.1, 0.15) is 44.3 Å². The van der Waals surface area contributed by atoms with E-state index >= 15 is 0 Å². The molecule has 1 heterocycles. The molecule has 2 atom stereocenters. The highest BCUT2D eigenvalue weighted by molar-refractivity contribution is 7.86. The van der Waals surface area contributed by atoms with Crippen LogP contribution in [0.4, 0.5) is 11.4 Å². The lowest BCUT2D eigenvalue weighted by Gasteiger charge is -2.21. The first kappa shape index (κ1) is 28.3. The van der Waals surface area contributed by atoms with Crippen molar-refractivity contribution in [3.8, 4) is 0 Å². The molecule has 192 valence electrons. The van der Waals surface area contributed by atoms with Gasteiger partial charge >= 0.3 is 0 Å². The van der Waals surface area contributed by atoms with E-state index in [2.05, 4.69) is 5.10 Å². The topological polar surface area (TPSA) is 171 Å². The lowest BCUT2D eigenvalue weighted by atomic mass is 10.0. The first-order chi connectivity index (χ1) is 16.3. The highest BCUT2D eigenvalue weighted by atomic mass is 32.2. The molecule has 0 bridgehead atoms. The van der Waals surface area contributed by atoms with Crippen LogP contribution in [0, 0.1) is 10.1 Å². The Morgan fingerprint density at radius 2 is 1.77 bits per heavy atom. The summed E-state index contributed by atoms with van der Waals surface area (Å²) in [5, 5.41) is 15.5. The van der Waals surface area contributed by atoms with Crippen LogP contribution in [0.2, 0.25) is 0 Å². The van der Waals surface area contributed by atoms with Crippen molar-refractivity contribution in [2.45, 2.75) is 43.9 Å². The lowest BCUT2D eigenvalue weighted by Crippen LogP contribution is -2.51. The number of nitrogens with zero attached hydrogens (tertiary/aromatic N) is 4. The molecule has 0 aliphatic rings. The summed E-state index contributed by atoms with van der Waals surface area (Å²) in [4.78, 5) is 10.3. The van der Waals surface area contributed by atoms with E-state index in [0.29, 0.717) is 17.8 Å². The molecule has 0 radical (unpaired) electrons. The zero-order valence-electron chi connectivity index (χ0n) is 19.3. The number of pyridine rings is 1. The Bertz CT molecular complexity index is 1250. The Kier molecular flexibility index (Phi) is 9.82. The molecule has 2 rings (SSSR count). The van der Waals surface area contributed by atoms with E-state index < -0.39 is 42.2 Å². The molecule has 12 nitrogen and oxygen atoms in total. The number of rotatable bonds is 13. The van der Waals surface area contributed by atoms with Crippen molar-refractivity contribution in [1.29, 1.82) is 0 Å². The second-order valence-corrected chi connectivity index (χ2v) is 11.1. The molecular weight excluding hydrogens is 500 g/mol. The third-order valence-corrected chi connectivity index (χ3v) is 7.48. The number of nitro groups is 1. The van der Waals surface area contributed by atoms with Gasteiger partial charge < -0.3 is 0 Å². The van der Waals surface area contributed by atoms with Gasteiger partial charge in [0.2, 0.25) is 5.69 Å². The molecule has 0 amide bonds. The Morgan fingerprint density at radius 3 is 2.31 bits per heavy atom. The van der Waals surface area contributed by atoms with Gasteiger partial charge in [0, 0.05) is 37.7 Å². The molecule has 0 fully saturated rings. The van der Waals surface area contributed by atoms with Crippen molar-refractivity contribution >= 4 is 37.8 Å². The second-order valence-electron chi connectivity index (χ2n) is 7.91. The number of hydrazone groups is 1. The monoisotopic (exact) mass is 529 g/mol. The lowest BCUT2D eigenvalue weighted by molar-refractivity contribution is -0.724. The van der Waals surface area contributed by atoms with Crippen molar-refractivity contribution < 1.29 is 35.4 Å². The maximum Gasteiger partial charge on any atom is 0.274 e. The highest BCUT2D eigenvalue weighted by Crippen LogP contribution is 2.24. The molecule has 0 aliphatic heterocycles. The van der Waals surface area contributed by atoms with Crippen molar-refractivity contribution in [1.82, 2.24) is 0 Å². The van der Waals surface area contributed by atoms with Crippen molar-refractivity contribution in [3.05, 3.63) is 64.5 Å². The quantitative estimate of drug-likeness (QED) is 0.130. The molecule has 35 heavy (non-hydrogen) atoms. The highest BCUT2D eigenvalue weighted by Gasteiger charge is 2.39. The summed E-state index contributed by atoms with van der Waals surface area (Å²) in [5.74, 6) is -0.548. The fraction of sp³-hybridized carbons (Fsp3) is 0.429. The summed E-state index contributed by atoms with van der Waals surface area (Å²) in [6.07, 6.45) is 3.69. The van der Waals surface area contributed by atoms with Gasteiger partial charge in [-0.05, 0) is 31.0 Å². The molecule has 2 unspecified atom stereocenters. The van der Waals surface area contributed by atoms with Gasteiger partial charge in [0.15, 0.2) is 12.2 Å². The Hall–Kier alpha value is -2.94. The minimum absolute atomic E-state index is 0.0274. The summed E-state index contributed by atoms with van der Waals surface area (Å²) in [6, 6.07) is 9.97. The van der Waals surface area contributed by atoms with Crippen LogP contribution in [-0.4, -0.2) is 55.1 Å². The maximum atomic E-state index is 12.2. The van der Waals surface area contributed by atoms with E-state index in [1.54, 1.807) is 42.9 Å². The fourth-order valence-corrected chi connectivity index (χ4v) is 5.42. The van der Waals surface area contributed by atoms with E-state index in [9.17, 15) is 31.5 Å². The molecule has 2 aromatic rings. The van der Waals surface area contributed by atoms with Crippen molar-refractivity contribution in [2.24, 2.45) is 5.10 Å². The van der Waals surface area contributed by atoms with Gasteiger partial charge in [0.05, 0.1) is 16.4 Å². The normalized spacial score (nSPS) is 14.1. The molecule has 1 aromatic carbocycles. The van der Waals surface area contributed by atoms with Gasteiger partial charge in [-0.15, -0.1) is 0 Å². The van der Waals surface area contributed by atoms with E-state index in [0.717, 1.165) is 0 Å². The van der Waals surface area contributed by atoms with Gasteiger partial charge in [-0.25, -0.2) is 0 Å². The van der Waals surface area contributed by atoms with Gasteiger partial charge in [-0.2, -0.15) is 26.5 Å². The smallest absolute Gasteiger partial charge is 0.274 e. The molecular formula is C21H29N4O8S2+. The van der Waals surface area contributed by atoms with Crippen LogP contribution in [0.15, 0.2) is 53.8 Å². The molecule has 0 aliphatic carbocycles. The zero-order chi connectivity index (χ0) is 26.2. The summed E-state index contributed by atoms with van der Waals surface area (Å²) >= 11 is 0.